The predicted octanol–water partition coefficient (Wildman–Crippen LogP) is 4.31. The molecule has 0 radical (unpaired) electrons. The molecule has 0 saturated carbocycles. The summed E-state index contributed by atoms with van der Waals surface area (Å²) in [5, 5.41) is 1.60. The maximum Gasteiger partial charge on any atom is 0.0451 e. The van der Waals surface area contributed by atoms with Crippen molar-refractivity contribution in [1.29, 1.82) is 0 Å². The number of hydrogen-bond donors (Lipinski definition) is 1. The first-order chi connectivity index (χ1) is 10.6. The summed E-state index contributed by atoms with van der Waals surface area (Å²) in [6.45, 7) is 2.76. The smallest absolute Gasteiger partial charge is 0.0451 e. The van der Waals surface area contributed by atoms with Crippen molar-refractivity contribution in [2.75, 3.05) is 13.1 Å². The van der Waals surface area contributed by atoms with Crippen LogP contribution in [0, 0.1) is 0 Å². The van der Waals surface area contributed by atoms with Gasteiger partial charge in [-0.05, 0) is 41.7 Å². The molecule has 0 spiro atoms. The van der Waals surface area contributed by atoms with Crippen LogP contribution in [0.1, 0.15) is 23.5 Å². The van der Waals surface area contributed by atoms with Crippen LogP contribution in [0.15, 0.2) is 48.5 Å². The van der Waals surface area contributed by atoms with E-state index >= 15 is 0 Å². The van der Waals surface area contributed by atoms with E-state index in [1.807, 2.05) is 30.3 Å². The summed E-state index contributed by atoms with van der Waals surface area (Å²) >= 11 is 12.3. The van der Waals surface area contributed by atoms with E-state index < -0.39 is 0 Å². The molecule has 0 bridgehead atoms. The van der Waals surface area contributed by atoms with Gasteiger partial charge in [-0.3, -0.25) is 4.90 Å². The van der Waals surface area contributed by atoms with Gasteiger partial charge in [0.15, 0.2) is 0 Å². The van der Waals surface area contributed by atoms with Crippen LogP contribution in [0.2, 0.25) is 10.0 Å². The quantitative estimate of drug-likeness (QED) is 0.906. The maximum atomic E-state index is 6.28. The molecule has 3 rings (SSSR count). The SMILES string of the molecule is NC1CC(c2ccc(Cl)cc2)CN(Cc2ccccc2Cl)C1. The fourth-order valence-electron chi connectivity index (χ4n) is 3.21. The average Bonchev–Trinajstić information content (AvgIpc) is 2.50. The van der Waals surface area contributed by atoms with E-state index in [4.69, 9.17) is 28.9 Å². The van der Waals surface area contributed by atoms with E-state index in [1.54, 1.807) is 0 Å². The summed E-state index contributed by atoms with van der Waals surface area (Å²) in [6, 6.07) is 16.3. The summed E-state index contributed by atoms with van der Waals surface area (Å²) in [4.78, 5) is 2.40. The summed E-state index contributed by atoms with van der Waals surface area (Å²) in [6.07, 6.45) is 1.01. The average molecular weight is 335 g/mol. The van der Waals surface area contributed by atoms with Gasteiger partial charge in [0.2, 0.25) is 0 Å². The van der Waals surface area contributed by atoms with E-state index in [2.05, 4.69) is 23.1 Å². The van der Waals surface area contributed by atoms with Gasteiger partial charge in [0, 0.05) is 35.7 Å². The molecule has 2 nitrogen and oxygen atoms in total. The number of hydrogen-bond acceptors (Lipinski definition) is 2. The number of rotatable bonds is 3. The molecule has 1 heterocycles. The van der Waals surface area contributed by atoms with Crippen LogP contribution < -0.4 is 5.73 Å². The molecule has 2 unspecified atom stereocenters. The minimum atomic E-state index is 0.192. The minimum Gasteiger partial charge on any atom is -0.327 e. The molecule has 0 aliphatic carbocycles. The highest BCUT2D eigenvalue weighted by atomic mass is 35.5. The van der Waals surface area contributed by atoms with Crippen LogP contribution in [0.25, 0.3) is 0 Å². The van der Waals surface area contributed by atoms with Gasteiger partial charge in [0.1, 0.15) is 0 Å². The first kappa shape index (κ1) is 15.8. The van der Waals surface area contributed by atoms with E-state index in [-0.39, 0.29) is 6.04 Å². The number of nitrogens with zero attached hydrogens (tertiary/aromatic N) is 1. The number of nitrogens with two attached hydrogens (primary N) is 1. The van der Waals surface area contributed by atoms with Crippen molar-refractivity contribution in [3.8, 4) is 0 Å². The van der Waals surface area contributed by atoms with E-state index in [9.17, 15) is 0 Å². The lowest BCUT2D eigenvalue weighted by Gasteiger charge is -2.36. The van der Waals surface area contributed by atoms with Crippen LogP contribution in [0.5, 0.6) is 0 Å². The van der Waals surface area contributed by atoms with Crippen LogP contribution in [0.3, 0.4) is 0 Å². The Morgan fingerprint density at radius 3 is 2.45 bits per heavy atom. The van der Waals surface area contributed by atoms with Crippen LogP contribution in [-0.4, -0.2) is 24.0 Å². The molecular formula is C18H20Cl2N2. The monoisotopic (exact) mass is 334 g/mol. The molecule has 2 aromatic carbocycles. The van der Waals surface area contributed by atoms with Crippen molar-refractivity contribution >= 4 is 23.2 Å². The number of piperidine rings is 1. The first-order valence-electron chi connectivity index (χ1n) is 7.58. The summed E-state index contributed by atoms with van der Waals surface area (Å²) in [7, 11) is 0. The molecule has 4 heteroatoms. The molecule has 116 valence electrons. The second-order valence-electron chi connectivity index (χ2n) is 6.03. The number of benzene rings is 2. The molecule has 0 aromatic heterocycles. The van der Waals surface area contributed by atoms with Crippen LogP contribution >= 0.6 is 23.2 Å². The largest absolute Gasteiger partial charge is 0.327 e. The highest BCUT2D eigenvalue weighted by Gasteiger charge is 2.26. The van der Waals surface area contributed by atoms with Gasteiger partial charge < -0.3 is 5.73 Å². The fraction of sp³-hybridized carbons (Fsp3) is 0.333. The molecule has 2 atom stereocenters. The second kappa shape index (κ2) is 7.01. The minimum absolute atomic E-state index is 0.192. The standard InChI is InChI=1S/C18H20Cl2N2/c19-16-7-5-13(6-8-16)15-9-17(21)12-22(11-15)10-14-3-1-2-4-18(14)20/h1-8,15,17H,9-12,21H2. The molecule has 2 N–H and O–H groups in total. The maximum absolute atomic E-state index is 6.28. The van der Waals surface area contributed by atoms with E-state index in [1.165, 1.54) is 5.56 Å². The van der Waals surface area contributed by atoms with Gasteiger partial charge >= 0.3 is 0 Å². The lowest BCUT2D eigenvalue weighted by molar-refractivity contribution is 0.181. The third-order valence-corrected chi connectivity index (χ3v) is 4.87. The molecule has 1 fully saturated rings. The molecule has 0 amide bonds. The zero-order chi connectivity index (χ0) is 15.5. The van der Waals surface area contributed by atoms with Gasteiger partial charge in [0.05, 0.1) is 0 Å². The van der Waals surface area contributed by atoms with Crippen molar-refractivity contribution < 1.29 is 0 Å². The number of halogens is 2. The lowest BCUT2D eigenvalue weighted by Crippen LogP contribution is -2.45. The Kier molecular flexibility index (Phi) is 5.04. The van der Waals surface area contributed by atoms with Gasteiger partial charge in [-0.1, -0.05) is 53.5 Å². The van der Waals surface area contributed by atoms with Crippen LogP contribution in [0.4, 0.5) is 0 Å². The van der Waals surface area contributed by atoms with E-state index in [0.29, 0.717) is 5.92 Å². The van der Waals surface area contributed by atoms with Crippen molar-refractivity contribution in [1.82, 2.24) is 4.90 Å². The number of likely N-dealkylation sites (tertiary alicyclic amines) is 1. The molecule has 1 aliphatic rings. The Labute approximate surface area is 141 Å². The Morgan fingerprint density at radius 1 is 1.00 bits per heavy atom. The third-order valence-electron chi connectivity index (χ3n) is 4.25. The summed E-state index contributed by atoms with van der Waals surface area (Å²) in [5.74, 6) is 0.448. The highest BCUT2D eigenvalue weighted by Crippen LogP contribution is 2.29. The van der Waals surface area contributed by atoms with Gasteiger partial charge in [-0.15, -0.1) is 0 Å². The highest BCUT2D eigenvalue weighted by molar-refractivity contribution is 6.31. The Balaban J connectivity index is 1.73. The van der Waals surface area contributed by atoms with Crippen molar-refractivity contribution in [2.45, 2.75) is 24.9 Å². The van der Waals surface area contributed by atoms with Crippen LogP contribution in [-0.2, 0) is 6.54 Å². The normalized spacial score (nSPS) is 22.7. The molecule has 2 aromatic rings. The zero-order valence-corrected chi connectivity index (χ0v) is 13.9. The van der Waals surface area contributed by atoms with E-state index in [0.717, 1.165) is 41.7 Å². The molecule has 22 heavy (non-hydrogen) atoms. The Bertz CT molecular complexity index is 627. The second-order valence-corrected chi connectivity index (χ2v) is 6.87. The molecule has 1 saturated heterocycles. The van der Waals surface area contributed by atoms with Gasteiger partial charge in [-0.2, -0.15) is 0 Å². The van der Waals surface area contributed by atoms with Gasteiger partial charge in [0.25, 0.3) is 0 Å². The molecule has 1 aliphatic heterocycles. The van der Waals surface area contributed by atoms with Crippen molar-refractivity contribution in [3.05, 3.63) is 69.7 Å². The van der Waals surface area contributed by atoms with Crippen molar-refractivity contribution in [2.24, 2.45) is 5.73 Å². The Morgan fingerprint density at radius 2 is 1.73 bits per heavy atom. The third kappa shape index (κ3) is 3.82. The summed E-state index contributed by atoms with van der Waals surface area (Å²) < 4.78 is 0. The van der Waals surface area contributed by atoms with Crippen molar-refractivity contribution in [3.63, 3.8) is 0 Å². The predicted molar refractivity (Wildman–Crippen MR) is 93.5 cm³/mol. The first-order valence-corrected chi connectivity index (χ1v) is 8.34. The zero-order valence-electron chi connectivity index (χ0n) is 12.4. The lowest BCUT2D eigenvalue weighted by atomic mass is 9.88. The molecular weight excluding hydrogens is 315 g/mol. The van der Waals surface area contributed by atoms with Gasteiger partial charge in [-0.25, -0.2) is 0 Å². The summed E-state index contributed by atoms with van der Waals surface area (Å²) in [5.41, 5.74) is 8.74. The topological polar surface area (TPSA) is 29.3 Å². The fourth-order valence-corrected chi connectivity index (χ4v) is 3.53. The Hall–Kier alpha value is -1.06.